The maximum absolute atomic E-state index is 11.1. The topological polar surface area (TPSA) is 98.7 Å². The molecule has 1 aromatic rings. The molecule has 0 aliphatic heterocycles. The van der Waals surface area contributed by atoms with Crippen molar-refractivity contribution in [1.82, 2.24) is 5.32 Å². The van der Waals surface area contributed by atoms with E-state index < -0.39 is 18.5 Å². The van der Waals surface area contributed by atoms with Gasteiger partial charge in [0.25, 0.3) is 0 Å². The van der Waals surface area contributed by atoms with Gasteiger partial charge in [-0.2, -0.15) is 0 Å². The first-order valence-electron chi connectivity index (χ1n) is 4.58. The molecule has 0 fully saturated rings. The Morgan fingerprint density at radius 1 is 1.19 bits per heavy atom. The molecule has 6 heteroatoms. The molecule has 0 saturated carbocycles. The lowest BCUT2D eigenvalue weighted by Crippen LogP contribution is -2.33. The number of benzene rings is 1. The first-order valence-corrected chi connectivity index (χ1v) is 4.58. The van der Waals surface area contributed by atoms with Crippen LogP contribution in [-0.2, 0) is 11.4 Å². The van der Waals surface area contributed by atoms with E-state index in [0.717, 1.165) is 5.56 Å². The molecule has 0 heterocycles. The maximum Gasteiger partial charge on any atom is 0.323 e. The summed E-state index contributed by atoms with van der Waals surface area (Å²) in [6.07, 6.45) is 0. The summed E-state index contributed by atoms with van der Waals surface area (Å²) >= 11 is 0. The van der Waals surface area contributed by atoms with Crippen molar-refractivity contribution in [2.75, 3.05) is 11.9 Å². The summed E-state index contributed by atoms with van der Waals surface area (Å²) in [4.78, 5) is 21.3. The van der Waals surface area contributed by atoms with E-state index in [9.17, 15) is 9.59 Å². The highest BCUT2D eigenvalue weighted by molar-refractivity contribution is 5.91. The smallest absolute Gasteiger partial charge is 0.323 e. The Balaban J connectivity index is 2.46. The van der Waals surface area contributed by atoms with Gasteiger partial charge in [-0.05, 0) is 17.7 Å². The van der Waals surface area contributed by atoms with E-state index >= 15 is 0 Å². The van der Waals surface area contributed by atoms with Crippen molar-refractivity contribution in [1.29, 1.82) is 0 Å². The minimum absolute atomic E-state index is 0.0640. The van der Waals surface area contributed by atoms with Gasteiger partial charge in [-0.25, -0.2) is 4.79 Å². The van der Waals surface area contributed by atoms with Crippen molar-refractivity contribution in [3.8, 4) is 0 Å². The van der Waals surface area contributed by atoms with E-state index in [1.165, 1.54) is 0 Å². The minimum Gasteiger partial charge on any atom is -0.480 e. The number of carbonyl (C=O) groups excluding carboxylic acids is 1. The predicted octanol–water partition coefficient (Wildman–Crippen LogP) is 0.385. The van der Waals surface area contributed by atoms with E-state index in [1.807, 2.05) is 0 Å². The van der Waals surface area contributed by atoms with Crippen molar-refractivity contribution in [2.45, 2.75) is 6.61 Å². The third-order valence-electron chi connectivity index (χ3n) is 1.79. The van der Waals surface area contributed by atoms with Crippen LogP contribution in [0.4, 0.5) is 10.5 Å². The number of urea groups is 1. The number of hydrogen-bond donors (Lipinski definition) is 4. The van der Waals surface area contributed by atoms with Crippen LogP contribution in [0.3, 0.4) is 0 Å². The maximum atomic E-state index is 11.1. The van der Waals surface area contributed by atoms with Crippen LogP contribution in [0.5, 0.6) is 0 Å². The number of carbonyl (C=O) groups is 2. The minimum atomic E-state index is -1.11. The normalized spacial score (nSPS) is 9.56. The third-order valence-corrected chi connectivity index (χ3v) is 1.79. The number of amides is 2. The molecule has 0 aliphatic carbocycles. The van der Waals surface area contributed by atoms with Gasteiger partial charge in [-0.1, -0.05) is 12.1 Å². The van der Waals surface area contributed by atoms with E-state index in [1.54, 1.807) is 24.3 Å². The molecular formula is C10H12N2O4. The molecule has 1 aromatic carbocycles. The van der Waals surface area contributed by atoms with E-state index in [0.29, 0.717) is 5.69 Å². The average molecular weight is 224 g/mol. The molecule has 4 N–H and O–H groups in total. The summed E-state index contributed by atoms with van der Waals surface area (Å²) in [5.74, 6) is -1.11. The molecule has 86 valence electrons. The fourth-order valence-corrected chi connectivity index (χ4v) is 1.02. The number of carboxylic acid groups (broad SMARTS) is 1. The Kier molecular flexibility index (Phi) is 4.28. The molecule has 1 rings (SSSR count). The Labute approximate surface area is 91.9 Å². The first kappa shape index (κ1) is 12.0. The molecule has 6 nitrogen and oxygen atoms in total. The van der Waals surface area contributed by atoms with Crippen molar-refractivity contribution in [3.05, 3.63) is 29.8 Å². The lowest BCUT2D eigenvalue weighted by atomic mass is 10.2. The second-order valence-corrected chi connectivity index (χ2v) is 3.06. The molecule has 0 aromatic heterocycles. The molecule has 0 unspecified atom stereocenters. The Morgan fingerprint density at radius 2 is 1.81 bits per heavy atom. The van der Waals surface area contributed by atoms with Gasteiger partial charge in [-0.15, -0.1) is 0 Å². The van der Waals surface area contributed by atoms with E-state index in [4.69, 9.17) is 10.2 Å². The molecular weight excluding hydrogens is 212 g/mol. The molecule has 0 saturated heterocycles. The van der Waals surface area contributed by atoms with Crippen molar-refractivity contribution in [2.24, 2.45) is 0 Å². The van der Waals surface area contributed by atoms with Crippen molar-refractivity contribution >= 4 is 17.7 Å². The molecule has 0 bridgehead atoms. The summed E-state index contributed by atoms with van der Waals surface area (Å²) in [6, 6.07) is 5.97. The van der Waals surface area contributed by atoms with Gasteiger partial charge in [0.05, 0.1) is 6.61 Å². The SMILES string of the molecule is O=C(O)CNC(=O)Nc1ccc(CO)cc1. The fourth-order valence-electron chi connectivity index (χ4n) is 1.02. The third kappa shape index (κ3) is 3.97. The fraction of sp³-hybridized carbons (Fsp3) is 0.200. The highest BCUT2D eigenvalue weighted by atomic mass is 16.4. The number of nitrogens with one attached hydrogen (secondary N) is 2. The van der Waals surface area contributed by atoms with Gasteiger partial charge in [-0.3, -0.25) is 4.79 Å². The van der Waals surface area contributed by atoms with Crippen LogP contribution in [-0.4, -0.2) is 28.8 Å². The lowest BCUT2D eigenvalue weighted by Gasteiger charge is -2.06. The van der Waals surface area contributed by atoms with Crippen molar-refractivity contribution in [3.63, 3.8) is 0 Å². The number of anilines is 1. The second-order valence-electron chi connectivity index (χ2n) is 3.06. The largest absolute Gasteiger partial charge is 0.480 e. The summed E-state index contributed by atoms with van der Waals surface area (Å²) < 4.78 is 0. The van der Waals surface area contributed by atoms with Crippen LogP contribution in [0.2, 0.25) is 0 Å². The number of rotatable bonds is 4. The molecule has 0 aliphatic rings. The molecule has 2 amide bonds. The molecule has 0 atom stereocenters. The van der Waals surface area contributed by atoms with Gasteiger partial charge >= 0.3 is 12.0 Å². The van der Waals surface area contributed by atoms with Crippen LogP contribution < -0.4 is 10.6 Å². The monoisotopic (exact) mass is 224 g/mol. The lowest BCUT2D eigenvalue weighted by molar-refractivity contribution is -0.135. The number of aliphatic carboxylic acids is 1. The summed E-state index contributed by atoms with van der Waals surface area (Å²) in [7, 11) is 0. The number of hydrogen-bond acceptors (Lipinski definition) is 3. The number of carboxylic acids is 1. The Morgan fingerprint density at radius 3 is 2.31 bits per heavy atom. The molecule has 16 heavy (non-hydrogen) atoms. The average Bonchev–Trinajstić information content (AvgIpc) is 2.27. The first-order chi connectivity index (χ1) is 7.61. The summed E-state index contributed by atoms with van der Waals surface area (Å²) in [5.41, 5.74) is 1.26. The highest BCUT2D eigenvalue weighted by Crippen LogP contribution is 2.08. The number of aliphatic hydroxyl groups is 1. The van der Waals surface area contributed by atoms with Crippen molar-refractivity contribution < 1.29 is 19.8 Å². The molecule has 0 spiro atoms. The van der Waals surface area contributed by atoms with Gasteiger partial charge in [0.1, 0.15) is 6.54 Å². The van der Waals surface area contributed by atoms with Gasteiger partial charge < -0.3 is 20.8 Å². The van der Waals surface area contributed by atoms with E-state index in [2.05, 4.69) is 10.6 Å². The number of aliphatic hydroxyl groups excluding tert-OH is 1. The van der Waals surface area contributed by atoms with Crippen LogP contribution >= 0.6 is 0 Å². The quantitative estimate of drug-likeness (QED) is 0.594. The highest BCUT2D eigenvalue weighted by Gasteiger charge is 2.03. The second kappa shape index (κ2) is 5.72. The predicted molar refractivity (Wildman–Crippen MR) is 57.0 cm³/mol. The van der Waals surface area contributed by atoms with Gasteiger partial charge in [0.15, 0.2) is 0 Å². The van der Waals surface area contributed by atoms with Crippen LogP contribution in [0.25, 0.3) is 0 Å². The standard InChI is InChI=1S/C10H12N2O4/c13-6-7-1-3-8(4-2-7)12-10(16)11-5-9(14)15/h1-4,13H,5-6H2,(H,14,15)(H2,11,12,16). The Bertz CT molecular complexity index is 375. The molecule has 0 radical (unpaired) electrons. The zero-order chi connectivity index (χ0) is 12.0. The zero-order valence-corrected chi connectivity index (χ0v) is 8.43. The van der Waals surface area contributed by atoms with Crippen LogP contribution in [0.1, 0.15) is 5.56 Å². The van der Waals surface area contributed by atoms with Crippen LogP contribution in [0.15, 0.2) is 24.3 Å². The van der Waals surface area contributed by atoms with Gasteiger partial charge in [0.2, 0.25) is 0 Å². The Hall–Kier alpha value is -2.08. The zero-order valence-electron chi connectivity index (χ0n) is 8.43. The van der Waals surface area contributed by atoms with E-state index in [-0.39, 0.29) is 6.61 Å². The van der Waals surface area contributed by atoms with Crippen LogP contribution in [0, 0.1) is 0 Å². The summed E-state index contributed by atoms with van der Waals surface area (Å²) in [6.45, 7) is -0.494. The summed E-state index contributed by atoms with van der Waals surface area (Å²) in [5, 5.41) is 21.7. The van der Waals surface area contributed by atoms with Gasteiger partial charge in [0, 0.05) is 5.69 Å².